The van der Waals surface area contributed by atoms with E-state index in [2.05, 4.69) is 21.9 Å². The predicted molar refractivity (Wildman–Crippen MR) is 100 cm³/mol. The molecule has 1 aromatic rings. The lowest BCUT2D eigenvalue weighted by atomic mass is 9.73. The lowest BCUT2D eigenvalue weighted by Crippen LogP contribution is -2.54. The van der Waals surface area contributed by atoms with Gasteiger partial charge in [0.15, 0.2) is 11.5 Å². The molecular formula is C21H30N2O3. The summed E-state index contributed by atoms with van der Waals surface area (Å²) in [6, 6.07) is 6.74. The van der Waals surface area contributed by atoms with Crippen LogP contribution in [0.15, 0.2) is 18.2 Å². The number of methoxy groups -OCH3 is 2. The van der Waals surface area contributed by atoms with E-state index in [4.69, 9.17) is 9.47 Å². The highest BCUT2D eigenvalue weighted by Gasteiger charge is 2.45. The molecule has 5 heteroatoms. The van der Waals surface area contributed by atoms with E-state index >= 15 is 0 Å². The molecule has 1 saturated carbocycles. The zero-order valence-electron chi connectivity index (χ0n) is 16.0. The Kier molecular flexibility index (Phi) is 4.82. The van der Waals surface area contributed by atoms with E-state index in [1.54, 1.807) is 14.2 Å². The van der Waals surface area contributed by atoms with Gasteiger partial charge in [0.1, 0.15) is 0 Å². The van der Waals surface area contributed by atoms with Gasteiger partial charge in [-0.25, -0.2) is 0 Å². The summed E-state index contributed by atoms with van der Waals surface area (Å²) in [5, 5.41) is 0. The van der Waals surface area contributed by atoms with Crippen LogP contribution < -0.4 is 9.47 Å². The molecule has 2 heterocycles. The van der Waals surface area contributed by atoms with Gasteiger partial charge in [-0.3, -0.25) is 9.69 Å². The molecule has 0 radical (unpaired) electrons. The molecule has 2 saturated heterocycles. The van der Waals surface area contributed by atoms with Crippen LogP contribution in [0.2, 0.25) is 0 Å². The molecule has 142 valence electrons. The van der Waals surface area contributed by atoms with Crippen molar-refractivity contribution in [2.75, 3.05) is 33.9 Å². The molecule has 0 aromatic heterocycles. The first-order valence-electron chi connectivity index (χ1n) is 9.85. The minimum Gasteiger partial charge on any atom is -0.493 e. The van der Waals surface area contributed by atoms with Crippen molar-refractivity contribution < 1.29 is 14.3 Å². The largest absolute Gasteiger partial charge is 0.493 e. The molecule has 3 aliphatic rings. The lowest BCUT2D eigenvalue weighted by Gasteiger charge is -2.48. The first-order chi connectivity index (χ1) is 12.6. The van der Waals surface area contributed by atoms with Crippen LogP contribution in [0, 0.1) is 5.41 Å². The summed E-state index contributed by atoms with van der Waals surface area (Å²) >= 11 is 0. The van der Waals surface area contributed by atoms with Gasteiger partial charge in [-0.2, -0.15) is 0 Å². The van der Waals surface area contributed by atoms with Gasteiger partial charge in [-0.05, 0) is 56.3 Å². The Morgan fingerprint density at radius 3 is 2.65 bits per heavy atom. The van der Waals surface area contributed by atoms with Crippen molar-refractivity contribution >= 4 is 5.91 Å². The molecule has 2 aliphatic heterocycles. The number of ether oxygens (including phenoxy) is 2. The Balaban J connectivity index is 1.44. The second-order valence-corrected chi connectivity index (χ2v) is 8.26. The Bertz CT molecular complexity index is 673. The summed E-state index contributed by atoms with van der Waals surface area (Å²) in [5.74, 6) is 1.95. The molecular weight excluding hydrogens is 328 g/mol. The van der Waals surface area contributed by atoms with Crippen molar-refractivity contribution in [2.24, 2.45) is 5.41 Å². The third kappa shape index (κ3) is 3.54. The topological polar surface area (TPSA) is 42.0 Å². The van der Waals surface area contributed by atoms with Crippen LogP contribution in [-0.2, 0) is 11.3 Å². The highest BCUT2D eigenvalue weighted by Crippen LogP contribution is 2.42. The van der Waals surface area contributed by atoms with Crippen LogP contribution in [0.1, 0.15) is 44.1 Å². The molecule has 1 spiro atoms. The van der Waals surface area contributed by atoms with E-state index in [1.165, 1.54) is 31.2 Å². The van der Waals surface area contributed by atoms with E-state index in [1.807, 2.05) is 6.07 Å². The molecule has 0 N–H and O–H groups in total. The maximum Gasteiger partial charge on any atom is 0.222 e. The van der Waals surface area contributed by atoms with Gasteiger partial charge < -0.3 is 14.4 Å². The number of hydrogen-bond donors (Lipinski definition) is 0. The fourth-order valence-corrected chi connectivity index (χ4v) is 4.78. The number of carbonyl (C=O) groups is 1. The summed E-state index contributed by atoms with van der Waals surface area (Å²) in [6.07, 6.45) is 6.68. The van der Waals surface area contributed by atoms with Gasteiger partial charge in [-0.15, -0.1) is 0 Å². The van der Waals surface area contributed by atoms with Crippen molar-refractivity contribution in [3.63, 3.8) is 0 Å². The van der Waals surface area contributed by atoms with Crippen LogP contribution in [0.5, 0.6) is 11.5 Å². The second-order valence-electron chi connectivity index (χ2n) is 8.26. The van der Waals surface area contributed by atoms with Gasteiger partial charge in [0, 0.05) is 37.5 Å². The predicted octanol–water partition coefficient (Wildman–Crippen LogP) is 3.07. The van der Waals surface area contributed by atoms with E-state index in [9.17, 15) is 4.79 Å². The molecule has 1 aliphatic carbocycles. The number of carbonyl (C=O) groups excluding carboxylic acids is 1. The third-order valence-corrected chi connectivity index (χ3v) is 6.28. The van der Waals surface area contributed by atoms with Gasteiger partial charge in [0.2, 0.25) is 5.91 Å². The maximum atomic E-state index is 12.3. The summed E-state index contributed by atoms with van der Waals surface area (Å²) in [7, 11) is 3.35. The number of piperidine rings is 2. The molecule has 26 heavy (non-hydrogen) atoms. The Labute approximate surface area is 156 Å². The molecule has 0 unspecified atom stereocenters. The van der Waals surface area contributed by atoms with Gasteiger partial charge in [0.25, 0.3) is 0 Å². The Morgan fingerprint density at radius 2 is 1.92 bits per heavy atom. The number of likely N-dealkylation sites (tertiary alicyclic amines) is 2. The molecule has 5 nitrogen and oxygen atoms in total. The standard InChI is InChI=1S/C21H30N2O3/c1-25-18-7-4-16(12-19(18)26-2)13-22-11-3-9-21(14-22)10-8-20(24)23(15-21)17-5-6-17/h4,7,12,17H,3,5-6,8-11,13-15H2,1-2H3/t21-/m1/s1. The van der Waals surface area contributed by atoms with E-state index in [-0.39, 0.29) is 0 Å². The van der Waals surface area contributed by atoms with E-state index in [0.717, 1.165) is 50.5 Å². The zero-order valence-corrected chi connectivity index (χ0v) is 16.0. The number of amides is 1. The summed E-state index contributed by atoms with van der Waals surface area (Å²) < 4.78 is 10.8. The van der Waals surface area contributed by atoms with Gasteiger partial charge in [-0.1, -0.05) is 6.07 Å². The average molecular weight is 358 g/mol. The Hall–Kier alpha value is -1.75. The van der Waals surface area contributed by atoms with Crippen molar-refractivity contribution in [2.45, 2.75) is 51.1 Å². The molecule has 1 aromatic carbocycles. The van der Waals surface area contributed by atoms with Crippen molar-refractivity contribution in [1.29, 1.82) is 0 Å². The SMILES string of the molecule is COc1ccc(CN2CCC[C@@]3(CCC(=O)N(C4CC4)C3)C2)cc1OC. The van der Waals surface area contributed by atoms with Crippen LogP contribution >= 0.6 is 0 Å². The Morgan fingerprint density at radius 1 is 1.12 bits per heavy atom. The first-order valence-corrected chi connectivity index (χ1v) is 9.85. The number of benzene rings is 1. The van der Waals surface area contributed by atoms with Gasteiger partial charge >= 0.3 is 0 Å². The quantitative estimate of drug-likeness (QED) is 0.811. The van der Waals surface area contributed by atoms with E-state index < -0.39 is 0 Å². The van der Waals surface area contributed by atoms with Crippen LogP contribution in [0.4, 0.5) is 0 Å². The smallest absolute Gasteiger partial charge is 0.222 e. The summed E-state index contributed by atoms with van der Waals surface area (Å²) in [5.41, 5.74) is 1.55. The number of nitrogens with zero attached hydrogens (tertiary/aromatic N) is 2. The fraction of sp³-hybridized carbons (Fsp3) is 0.667. The highest BCUT2D eigenvalue weighted by molar-refractivity contribution is 5.78. The molecule has 3 fully saturated rings. The van der Waals surface area contributed by atoms with Gasteiger partial charge in [0.05, 0.1) is 14.2 Å². The molecule has 1 atom stereocenters. The number of hydrogen-bond acceptors (Lipinski definition) is 4. The summed E-state index contributed by atoms with van der Waals surface area (Å²) in [4.78, 5) is 17.1. The third-order valence-electron chi connectivity index (χ3n) is 6.28. The monoisotopic (exact) mass is 358 g/mol. The maximum absolute atomic E-state index is 12.3. The van der Waals surface area contributed by atoms with Crippen LogP contribution in [-0.4, -0.2) is 55.6 Å². The lowest BCUT2D eigenvalue weighted by molar-refractivity contribution is -0.140. The minimum absolute atomic E-state index is 0.297. The molecule has 4 rings (SSSR count). The number of rotatable bonds is 5. The average Bonchev–Trinajstić information content (AvgIpc) is 3.49. The molecule has 0 bridgehead atoms. The van der Waals surface area contributed by atoms with Crippen LogP contribution in [0.25, 0.3) is 0 Å². The molecule has 1 amide bonds. The second kappa shape index (κ2) is 7.10. The van der Waals surface area contributed by atoms with Crippen molar-refractivity contribution in [1.82, 2.24) is 9.80 Å². The minimum atomic E-state index is 0.297. The fourth-order valence-electron chi connectivity index (χ4n) is 4.78. The van der Waals surface area contributed by atoms with E-state index in [0.29, 0.717) is 17.4 Å². The van der Waals surface area contributed by atoms with Crippen molar-refractivity contribution in [3.8, 4) is 11.5 Å². The highest BCUT2D eigenvalue weighted by atomic mass is 16.5. The first kappa shape index (κ1) is 17.7. The zero-order chi connectivity index (χ0) is 18.1. The summed E-state index contributed by atoms with van der Waals surface area (Å²) in [6.45, 7) is 4.13. The van der Waals surface area contributed by atoms with Crippen LogP contribution in [0.3, 0.4) is 0 Å². The van der Waals surface area contributed by atoms with Crippen molar-refractivity contribution in [3.05, 3.63) is 23.8 Å². The normalized spacial score (nSPS) is 27.0.